The number of carbonyl (C=O) groups excluding carboxylic acids is 1. The van der Waals surface area contributed by atoms with E-state index < -0.39 is 0 Å². The molecule has 1 aromatic heterocycles. The van der Waals surface area contributed by atoms with E-state index >= 15 is 0 Å². The lowest BCUT2D eigenvalue weighted by atomic mass is 9.96. The van der Waals surface area contributed by atoms with Gasteiger partial charge >= 0.3 is 0 Å². The molecule has 1 amide bonds. The fourth-order valence-electron chi connectivity index (χ4n) is 4.35. The Labute approximate surface area is 201 Å². The van der Waals surface area contributed by atoms with Gasteiger partial charge in [0.05, 0.1) is 5.56 Å². The lowest BCUT2D eigenvalue weighted by molar-refractivity contribution is 0.0950. The Morgan fingerprint density at radius 2 is 1.85 bits per heavy atom. The van der Waals surface area contributed by atoms with Crippen molar-refractivity contribution in [3.8, 4) is 17.4 Å². The van der Waals surface area contributed by atoms with Crippen LogP contribution in [0.5, 0.6) is 17.4 Å². The molecule has 0 unspecified atom stereocenters. The highest BCUT2D eigenvalue weighted by atomic mass is 16.5. The van der Waals surface area contributed by atoms with Crippen LogP contribution in [0.4, 0.5) is 0 Å². The largest absolute Gasteiger partial charge is 0.490 e. The predicted molar refractivity (Wildman–Crippen MR) is 133 cm³/mol. The number of ether oxygens (including phenoxy) is 2. The smallest absolute Gasteiger partial charge is 0.253 e. The van der Waals surface area contributed by atoms with Crippen LogP contribution < -0.4 is 20.5 Å². The molecule has 0 aliphatic heterocycles. The summed E-state index contributed by atoms with van der Waals surface area (Å²) in [5.74, 6) is 2.44. The molecule has 34 heavy (non-hydrogen) atoms. The fraction of sp³-hybridized carbons (Fsp3) is 0.357. The van der Waals surface area contributed by atoms with E-state index in [1.165, 1.54) is 12.6 Å². The zero-order valence-corrected chi connectivity index (χ0v) is 19.7. The van der Waals surface area contributed by atoms with Crippen LogP contribution in [0.15, 0.2) is 72.9 Å². The Morgan fingerprint density at radius 1 is 1.03 bits per heavy atom. The highest BCUT2D eigenvalue weighted by molar-refractivity contribution is 5.93. The molecule has 0 radical (unpaired) electrons. The Bertz CT molecular complexity index is 1060. The molecule has 4 rings (SSSR count). The van der Waals surface area contributed by atoms with E-state index in [4.69, 9.17) is 15.2 Å². The number of nitrogens with zero attached hydrogens (tertiary/aromatic N) is 1. The van der Waals surface area contributed by atoms with Crippen LogP contribution in [0, 0.1) is 5.92 Å². The highest BCUT2D eigenvalue weighted by Crippen LogP contribution is 2.28. The van der Waals surface area contributed by atoms with E-state index in [0.717, 1.165) is 37.0 Å². The predicted octanol–water partition coefficient (Wildman–Crippen LogP) is 5.48. The van der Waals surface area contributed by atoms with Crippen molar-refractivity contribution in [2.24, 2.45) is 11.7 Å². The van der Waals surface area contributed by atoms with Crippen LogP contribution >= 0.6 is 0 Å². The van der Waals surface area contributed by atoms with Crippen molar-refractivity contribution in [1.82, 2.24) is 10.3 Å². The van der Waals surface area contributed by atoms with Crippen LogP contribution in [-0.4, -0.2) is 23.0 Å². The molecule has 3 N–H and O–H groups in total. The van der Waals surface area contributed by atoms with Crippen molar-refractivity contribution in [3.63, 3.8) is 0 Å². The van der Waals surface area contributed by atoms with E-state index in [-0.39, 0.29) is 18.1 Å². The van der Waals surface area contributed by atoms with E-state index in [1.807, 2.05) is 54.6 Å². The normalized spacial score (nSPS) is 20.2. The molecular formula is C28H33N3O3. The molecule has 1 saturated carbocycles. The molecule has 1 fully saturated rings. The van der Waals surface area contributed by atoms with Crippen molar-refractivity contribution >= 4 is 5.91 Å². The summed E-state index contributed by atoms with van der Waals surface area (Å²) in [4.78, 5) is 16.8. The van der Waals surface area contributed by atoms with Gasteiger partial charge in [-0.3, -0.25) is 4.79 Å². The Morgan fingerprint density at radius 3 is 2.62 bits per heavy atom. The summed E-state index contributed by atoms with van der Waals surface area (Å²) in [5, 5.41) is 2.95. The number of rotatable bonds is 8. The Balaban J connectivity index is 1.31. The molecule has 3 atom stereocenters. The zero-order valence-electron chi connectivity index (χ0n) is 19.7. The molecule has 0 bridgehead atoms. The van der Waals surface area contributed by atoms with Crippen LogP contribution in [0.3, 0.4) is 0 Å². The maximum atomic E-state index is 12.6. The number of hydrogen-bond donors (Lipinski definition) is 2. The van der Waals surface area contributed by atoms with Gasteiger partial charge in [-0.05, 0) is 67.5 Å². The molecule has 1 heterocycles. The summed E-state index contributed by atoms with van der Waals surface area (Å²) >= 11 is 0. The minimum atomic E-state index is -0.189. The number of nitrogens with two attached hydrogens (primary N) is 1. The van der Waals surface area contributed by atoms with Gasteiger partial charge in [-0.2, -0.15) is 0 Å². The fourth-order valence-corrected chi connectivity index (χ4v) is 4.35. The zero-order chi connectivity index (χ0) is 23.8. The third-order valence-electron chi connectivity index (χ3n) is 6.30. The summed E-state index contributed by atoms with van der Waals surface area (Å²) in [5.41, 5.74) is 7.73. The van der Waals surface area contributed by atoms with E-state index in [2.05, 4.69) is 17.2 Å². The van der Waals surface area contributed by atoms with Gasteiger partial charge in [-0.25, -0.2) is 4.98 Å². The second kappa shape index (κ2) is 11.7. The average molecular weight is 460 g/mol. The molecule has 1 aliphatic rings. The summed E-state index contributed by atoms with van der Waals surface area (Å²) in [6.45, 7) is 2.64. The number of aromatic nitrogens is 1. The van der Waals surface area contributed by atoms with Gasteiger partial charge in [-0.15, -0.1) is 0 Å². The van der Waals surface area contributed by atoms with Crippen molar-refractivity contribution in [3.05, 3.63) is 84.1 Å². The third-order valence-corrected chi connectivity index (χ3v) is 6.30. The van der Waals surface area contributed by atoms with Crippen molar-refractivity contribution < 1.29 is 14.3 Å². The Hall–Kier alpha value is -3.38. The van der Waals surface area contributed by atoms with E-state index in [0.29, 0.717) is 29.7 Å². The van der Waals surface area contributed by atoms with Gasteiger partial charge in [0.25, 0.3) is 5.91 Å². The van der Waals surface area contributed by atoms with Gasteiger partial charge in [0.2, 0.25) is 5.88 Å². The van der Waals surface area contributed by atoms with E-state index in [1.54, 1.807) is 12.1 Å². The minimum absolute atomic E-state index is 0.134. The quantitative estimate of drug-likeness (QED) is 0.436. The first-order chi connectivity index (χ1) is 16.6. The summed E-state index contributed by atoms with van der Waals surface area (Å²) in [7, 11) is 0. The monoisotopic (exact) mass is 459 g/mol. The van der Waals surface area contributed by atoms with Crippen molar-refractivity contribution in [1.29, 1.82) is 0 Å². The van der Waals surface area contributed by atoms with Gasteiger partial charge in [0.1, 0.15) is 17.6 Å². The maximum Gasteiger partial charge on any atom is 0.253 e. The number of benzene rings is 2. The number of carbonyl (C=O) groups is 1. The van der Waals surface area contributed by atoms with Gasteiger partial charge in [0.15, 0.2) is 0 Å². The second-order valence-corrected chi connectivity index (χ2v) is 8.95. The standard InChI is InChI=1S/C28H33N3O3/c1-2-20-11-13-23(29)17-26(15-20)33-25-10-6-7-21(16-25)18-31-28(32)22-12-14-27(30-19-22)34-24-8-4-3-5-9-24/h3-10,12,14,16,19-20,23,26H,2,11,13,15,17-18,29H2,1H3,(H,31,32)/t20-,23+,26+/m0/s1. The molecule has 178 valence electrons. The second-order valence-electron chi connectivity index (χ2n) is 8.95. The average Bonchev–Trinajstić information content (AvgIpc) is 3.04. The third kappa shape index (κ3) is 6.81. The van der Waals surface area contributed by atoms with Gasteiger partial charge < -0.3 is 20.5 Å². The molecule has 3 aromatic rings. The number of pyridine rings is 1. The SMILES string of the molecule is CC[C@H]1CC[C@@H](N)C[C@H](Oc2cccc(CNC(=O)c3ccc(Oc4ccccc4)nc3)c2)C1. The number of amides is 1. The molecule has 6 heteroatoms. The highest BCUT2D eigenvalue weighted by Gasteiger charge is 2.24. The summed E-state index contributed by atoms with van der Waals surface area (Å²) < 4.78 is 12.0. The van der Waals surface area contributed by atoms with Crippen LogP contribution in [0.25, 0.3) is 0 Å². The molecule has 0 saturated heterocycles. The topological polar surface area (TPSA) is 86.5 Å². The lowest BCUT2D eigenvalue weighted by Crippen LogP contribution is -2.27. The van der Waals surface area contributed by atoms with Gasteiger partial charge in [-0.1, -0.05) is 43.7 Å². The van der Waals surface area contributed by atoms with Crippen LogP contribution in [0.2, 0.25) is 0 Å². The van der Waals surface area contributed by atoms with Crippen molar-refractivity contribution in [2.75, 3.05) is 0 Å². The number of hydrogen-bond acceptors (Lipinski definition) is 5. The minimum Gasteiger partial charge on any atom is -0.490 e. The van der Waals surface area contributed by atoms with Crippen LogP contribution in [-0.2, 0) is 6.54 Å². The first-order valence-corrected chi connectivity index (χ1v) is 12.1. The summed E-state index contributed by atoms with van der Waals surface area (Å²) in [6, 6.07) is 20.9. The number of nitrogens with one attached hydrogen (secondary N) is 1. The van der Waals surface area contributed by atoms with E-state index in [9.17, 15) is 4.79 Å². The molecule has 1 aliphatic carbocycles. The lowest BCUT2D eigenvalue weighted by Gasteiger charge is -2.22. The summed E-state index contributed by atoms with van der Waals surface area (Å²) in [6.07, 6.45) is 6.99. The first-order valence-electron chi connectivity index (χ1n) is 12.1. The Kier molecular flexibility index (Phi) is 8.15. The maximum absolute atomic E-state index is 12.6. The van der Waals surface area contributed by atoms with Gasteiger partial charge in [0, 0.05) is 24.8 Å². The number of para-hydroxylation sites is 1. The first kappa shape index (κ1) is 23.8. The molecule has 2 aromatic carbocycles. The van der Waals surface area contributed by atoms with Crippen molar-refractivity contribution in [2.45, 2.75) is 57.7 Å². The molecular weight excluding hydrogens is 426 g/mol. The molecule has 0 spiro atoms. The molecule has 6 nitrogen and oxygen atoms in total. The van der Waals surface area contributed by atoms with Crippen LogP contribution in [0.1, 0.15) is 54.9 Å².